The number of likely N-dealkylation sites (tertiary alicyclic amines) is 2. The van der Waals surface area contributed by atoms with E-state index in [1.165, 1.54) is 25.8 Å². The van der Waals surface area contributed by atoms with E-state index in [2.05, 4.69) is 20.1 Å². The van der Waals surface area contributed by atoms with Crippen molar-refractivity contribution in [2.75, 3.05) is 20.1 Å². The lowest BCUT2D eigenvalue weighted by atomic mass is 9.96. The van der Waals surface area contributed by atoms with Gasteiger partial charge in [0.1, 0.15) is 48.8 Å². The molecule has 18 N–H and O–H groups in total. The van der Waals surface area contributed by atoms with E-state index >= 15 is 0 Å². The fourth-order valence-electron chi connectivity index (χ4n) is 7.09. The minimum atomic E-state index is -5.25. The van der Waals surface area contributed by atoms with Crippen LogP contribution in [-0.4, -0.2) is 210 Å². The Morgan fingerprint density at radius 3 is 2.09 bits per heavy atom. The molecule has 28 nitrogen and oxygen atoms in total. The van der Waals surface area contributed by atoms with Gasteiger partial charge in [0, 0.05) is 25.4 Å². The highest BCUT2D eigenvalue weighted by Crippen LogP contribution is 2.32. The molecule has 2 fully saturated rings. The van der Waals surface area contributed by atoms with E-state index < -0.39 is 173 Å². The maximum Gasteiger partial charge on any atom is 0.446 e. The Bertz CT molecular complexity index is 2010. The highest BCUT2D eigenvalue weighted by Gasteiger charge is 2.50. The lowest BCUT2D eigenvalue weighted by Gasteiger charge is -2.34. The van der Waals surface area contributed by atoms with Crippen LogP contribution in [0.2, 0.25) is 0 Å². The summed E-state index contributed by atoms with van der Waals surface area (Å²) in [5.74, 6) is -10.4. The molecule has 1 aromatic rings. The number of aldehydes is 1. The zero-order valence-electron chi connectivity index (χ0n) is 35.0. The van der Waals surface area contributed by atoms with Crippen molar-refractivity contribution < 1.29 is 96.7 Å². The summed E-state index contributed by atoms with van der Waals surface area (Å²) in [6.45, 7) is 2.04. The van der Waals surface area contributed by atoms with Gasteiger partial charge in [0.05, 0.1) is 42.9 Å². The van der Waals surface area contributed by atoms with Gasteiger partial charge in [0.2, 0.25) is 35.4 Å². The van der Waals surface area contributed by atoms with E-state index in [4.69, 9.17) is 16.0 Å². The third kappa shape index (κ3) is 14.4. The standard InChI is InChI=1S/C36H56N8O20S/c1-13-10-44(27(28(13)52)35(59)42-33(57)22(50)8-17(37)31(55)39-18(12-45)14(2)46)36(60)25(21(49)9-24(38)51)40-34(58)26(41-32(56)19-7-16(47)11-43(19)3)30(54)29(53)15-4-5-20(48)23(6-15)64-65(61,62)63/h4-6,12-14,16-19,21-22,25-30,33,46-50,52-54,57H,7-11,37H2,1-3H3,(H2,38,51)(H,39,55)(H,40,58)(H,41,56)(H,42,59)(H,61,62,63). The zero-order chi connectivity index (χ0) is 49.4. The third-order valence-corrected chi connectivity index (χ3v) is 11.1. The van der Waals surface area contributed by atoms with Crippen molar-refractivity contribution in [1.82, 2.24) is 31.1 Å². The number of benzene rings is 1. The first-order chi connectivity index (χ1) is 30.1. The molecule has 0 spiro atoms. The number of aliphatic hydroxyl groups is 8. The second-order valence-electron chi connectivity index (χ2n) is 15.9. The molecular formula is C36H56N8O20S. The first-order valence-electron chi connectivity index (χ1n) is 19.7. The summed E-state index contributed by atoms with van der Waals surface area (Å²) in [6, 6.07) is -8.46. The predicted molar refractivity (Wildman–Crippen MR) is 215 cm³/mol. The summed E-state index contributed by atoms with van der Waals surface area (Å²) in [7, 11) is -3.82. The molecule has 2 aliphatic heterocycles. The Labute approximate surface area is 370 Å². The van der Waals surface area contributed by atoms with Crippen LogP contribution in [0, 0.1) is 5.92 Å². The van der Waals surface area contributed by atoms with Crippen LogP contribution in [-0.2, 0) is 44.0 Å². The maximum atomic E-state index is 14.3. The molecule has 6 amide bonds. The third-order valence-electron chi connectivity index (χ3n) is 10.7. The normalized spacial score (nSPS) is 24.8. The summed E-state index contributed by atoms with van der Waals surface area (Å²) in [4.78, 5) is 93.1. The van der Waals surface area contributed by atoms with Gasteiger partial charge in [-0.2, -0.15) is 8.42 Å². The number of phenolic OH excluding ortho intramolecular Hbond substituents is 1. The van der Waals surface area contributed by atoms with Gasteiger partial charge in [-0.05, 0) is 38.1 Å². The van der Waals surface area contributed by atoms with E-state index in [1.54, 1.807) is 0 Å². The Kier molecular flexibility index (Phi) is 19.0. The fraction of sp³-hybridized carbons (Fsp3) is 0.639. The summed E-state index contributed by atoms with van der Waals surface area (Å²) in [6.07, 6.45) is -17.1. The average molecular weight is 953 g/mol. The predicted octanol–water partition coefficient (Wildman–Crippen LogP) is -8.98. The van der Waals surface area contributed by atoms with E-state index in [9.17, 15) is 87.9 Å². The number of carbonyl (C=O) groups excluding carboxylic acids is 7. The smallest absolute Gasteiger partial charge is 0.446 e. The number of aromatic hydroxyl groups is 1. The molecule has 0 aliphatic carbocycles. The monoisotopic (exact) mass is 952 g/mol. The quantitative estimate of drug-likeness (QED) is 0.0291. The van der Waals surface area contributed by atoms with Gasteiger partial charge in [-0.25, -0.2) is 0 Å². The molecule has 65 heavy (non-hydrogen) atoms. The van der Waals surface area contributed by atoms with Gasteiger partial charge in [-0.1, -0.05) is 13.0 Å². The van der Waals surface area contributed by atoms with Crippen molar-refractivity contribution in [3.8, 4) is 11.5 Å². The summed E-state index contributed by atoms with van der Waals surface area (Å²) >= 11 is 0. The van der Waals surface area contributed by atoms with Gasteiger partial charge in [-0.3, -0.25) is 38.2 Å². The molecule has 0 saturated carbocycles. The van der Waals surface area contributed by atoms with Crippen molar-refractivity contribution in [1.29, 1.82) is 0 Å². The molecule has 0 aromatic heterocycles. The fourth-order valence-corrected chi connectivity index (χ4v) is 7.45. The van der Waals surface area contributed by atoms with Crippen LogP contribution in [0.25, 0.3) is 0 Å². The van der Waals surface area contributed by atoms with Crippen molar-refractivity contribution >= 4 is 52.1 Å². The minimum Gasteiger partial charge on any atom is -0.504 e. The van der Waals surface area contributed by atoms with Crippen LogP contribution in [0.5, 0.6) is 11.5 Å². The molecule has 2 aliphatic rings. The van der Waals surface area contributed by atoms with Crippen LogP contribution in [0.1, 0.15) is 44.8 Å². The number of nitrogens with two attached hydrogens (primary N) is 2. The largest absolute Gasteiger partial charge is 0.504 e. The minimum absolute atomic E-state index is 0.0106. The van der Waals surface area contributed by atoms with Crippen LogP contribution in [0.4, 0.5) is 0 Å². The number of nitrogens with zero attached hydrogens (tertiary/aromatic N) is 2. The second-order valence-corrected chi connectivity index (χ2v) is 16.9. The Hall–Kier alpha value is -5.18. The van der Waals surface area contributed by atoms with Gasteiger partial charge >= 0.3 is 10.4 Å². The zero-order valence-corrected chi connectivity index (χ0v) is 35.8. The number of likely N-dealkylation sites (N-methyl/N-ethyl adjacent to an activating group) is 1. The van der Waals surface area contributed by atoms with Crippen molar-refractivity contribution in [3.63, 3.8) is 0 Å². The number of hydrogen-bond acceptors (Lipinski definition) is 21. The van der Waals surface area contributed by atoms with Crippen LogP contribution >= 0.6 is 0 Å². The van der Waals surface area contributed by atoms with E-state index in [1.807, 2.05) is 5.32 Å². The van der Waals surface area contributed by atoms with Gasteiger partial charge < -0.3 is 92.6 Å². The Morgan fingerprint density at radius 1 is 0.923 bits per heavy atom. The summed E-state index contributed by atoms with van der Waals surface area (Å²) in [5, 5.41) is 104. The van der Waals surface area contributed by atoms with Gasteiger partial charge in [0.25, 0.3) is 0 Å². The lowest BCUT2D eigenvalue weighted by Crippen LogP contribution is -2.64. The average Bonchev–Trinajstić information content (AvgIpc) is 3.71. The first-order valence-corrected chi connectivity index (χ1v) is 21.1. The molecule has 3 rings (SSSR count). The number of amides is 6. The van der Waals surface area contributed by atoms with E-state index in [0.29, 0.717) is 11.0 Å². The summed E-state index contributed by atoms with van der Waals surface area (Å²) < 4.78 is 36.0. The molecular weight excluding hydrogens is 896 g/mol. The highest BCUT2D eigenvalue weighted by molar-refractivity contribution is 7.81. The molecule has 0 radical (unpaired) electrons. The number of carbonyl (C=O) groups is 7. The van der Waals surface area contributed by atoms with Crippen LogP contribution < -0.4 is 36.9 Å². The topological polar surface area (TPSA) is 472 Å². The number of β-amino-alcohol motifs (C(OH)–C–C–N with tert-alkyl or cyclic N) is 1. The molecule has 15 atom stereocenters. The van der Waals surface area contributed by atoms with Gasteiger partial charge in [-0.15, -0.1) is 0 Å². The Morgan fingerprint density at radius 2 is 1.55 bits per heavy atom. The highest BCUT2D eigenvalue weighted by atomic mass is 32.3. The summed E-state index contributed by atoms with van der Waals surface area (Å²) in [5.41, 5.74) is 10.5. The molecule has 1 aromatic carbocycles. The molecule has 2 heterocycles. The van der Waals surface area contributed by atoms with Crippen LogP contribution in [0.3, 0.4) is 0 Å². The van der Waals surface area contributed by atoms with Crippen molar-refractivity contribution in [2.24, 2.45) is 17.4 Å². The van der Waals surface area contributed by atoms with Crippen molar-refractivity contribution in [3.05, 3.63) is 23.8 Å². The molecule has 2 saturated heterocycles. The number of hydrogen-bond donors (Lipinski definition) is 16. The Balaban J connectivity index is 1.96. The molecule has 0 bridgehead atoms. The number of nitrogens with one attached hydrogen (secondary N) is 4. The van der Waals surface area contributed by atoms with Gasteiger partial charge in [0.15, 0.2) is 17.7 Å². The second kappa shape index (κ2) is 22.8. The van der Waals surface area contributed by atoms with E-state index in [0.717, 1.165) is 12.1 Å². The number of rotatable bonds is 22. The number of phenols is 1. The number of aliphatic hydroxyl groups excluding tert-OH is 8. The molecule has 29 heteroatoms. The lowest BCUT2D eigenvalue weighted by molar-refractivity contribution is -0.149. The molecule has 15 unspecified atom stereocenters. The number of primary amides is 1. The molecule has 366 valence electrons. The van der Waals surface area contributed by atoms with E-state index in [-0.39, 0.29) is 19.3 Å². The first kappa shape index (κ1) is 54.2. The maximum absolute atomic E-state index is 14.3. The van der Waals surface area contributed by atoms with Crippen LogP contribution in [0.15, 0.2) is 18.2 Å². The van der Waals surface area contributed by atoms with Crippen molar-refractivity contribution in [2.45, 2.75) is 118 Å². The SMILES string of the molecule is CC(O)C(C=O)NC(=O)C(N)CC(O)C(O)NC(=O)C1C(O)C(C)CN1C(=O)C(NC(=O)C(NC(=O)C1CC(O)CN1C)C(O)C(O)c1ccc(O)c(OS(=O)(=O)O)c1)C(O)CC(N)=O.